The molecule has 1 fully saturated rings. The van der Waals surface area contributed by atoms with Gasteiger partial charge < -0.3 is 14.6 Å². The number of nitrogens with one attached hydrogen (secondary N) is 1. The van der Waals surface area contributed by atoms with Crippen LogP contribution in [0.3, 0.4) is 0 Å². The van der Waals surface area contributed by atoms with Gasteiger partial charge in [0, 0.05) is 29.2 Å². The number of anilines is 1. The zero-order valence-electron chi connectivity index (χ0n) is 16.1. The molecule has 30 heavy (non-hydrogen) atoms. The van der Waals surface area contributed by atoms with E-state index in [0.29, 0.717) is 41.1 Å². The van der Waals surface area contributed by atoms with Crippen LogP contribution in [-0.2, 0) is 11.3 Å². The van der Waals surface area contributed by atoms with Gasteiger partial charge in [0.05, 0.1) is 30.5 Å². The van der Waals surface area contributed by atoms with Gasteiger partial charge in [0.2, 0.25) is 5.91 Å². The summed E-state index contributed by atoms with van der Waals surface area (Å²) in [5.41, 5.74) is 1.34. The number of rotatable bonds is 5. The van der Waals surface area contributed by atoms with Crippen molar-refractivity contribution < 1.29 is 14.0 Å². The molecule has 9 heteroatoms. The highest BCUT2D eigenvalue weighted by atomic mass is 35.5. The molecule has 1 unspecified atom stereocenters. The zero-order chi connectivity index (χ0) is 21.1. The van der Waals surface area contributed by atoms with E-state index in [1.165, 1.54) is 12.5 Å². The summed E-state index contributed by atoms with van der Waals surface area (Å²) in [6, 6.07) is 8.63. The zero-order valence-corrected chi connectivity index (χ0v) is 17.6. The van der Waals surface area contributed by atoms with E-state index in [4.69, 9.17) is 27.6 Å². The summed E-state index contributed by atoms with van der Waals surface area (Å²) in [6.45, 7) is 1.39. The van der Waals surface area contributed by atoms with E-state index < -0.39 is 0 Å². The average molecular weight is 447 g/mol. The Hall–Kier alpha value is -2.77. The van der Waals surface area contributed by atoms with Crippen molar-refractivity contribution in [3.8, 4) is 0 Å². The van der Waals surface area contributed by atoms with Gasteiger partial charge >= 0.3 is 0 Å². The first-order valence-electron chi connectivity index (χ1n) is 9.59. The van der Waals surface area contributed by atoms with Crippen LogP contribution in [0.25, 0.3) is 0 Å². The van der Waals surface area contributed by atoms with E-state index in [1.54, 1.807) is 40.0 Å². The molecule has 1 atom stereocenters. The van der Waals surface area contributed by atoms with Crippen molar-refractivity contribution in [2.75, 3.05) is 18.4 Å². The minimum Gasteiger partial charge on any atom is -0.472 e. The van der Waals surface area contributed by atoms with Crippen LogP contribution in [0.1, 0.15) is 28.8 Å². The van der Waals surface area contributed by atoms with Gasteiger partial charge in [0.1, 0.15) is 12.1 Å². The van der Waals surface area contributed by atoms with Gasteiger partial charge in [0.25, 0.3) is 5.91 Å². The van der Waals surface area contributed by atoms with Crippen LogP contribution in [0.4, 0.5) is 5.82 Å². The molecule has 1 aliphatic heterocycles. The molecule has 7 nitrogen and oxygen atoms in total. The number of hydrogen-bond acceptors (Lipinski definition) is 4. The number of likely N-dealkylation sites (tertiary alicyclic amines) is 1. The second-order valence-corrected chi connectivity index (χ2v) is 8.05. The highest BCUT2D eigenvalue weighted by molar-refractivity contribution is 6.35. The van der Waals surface area contributed by atoms with Crippen LogP contribution >= 0.6 is 23.2 Å². The molecule has 1 saturated heterocycles. The van der Waals surface area contributed by atoms with Gasteiger partial charge in [0.15, 0.2) is 0 Å². The van der Waals surface area contributed by atoms with Gasteiger partial charge in [-0.05, 0) is 36.6 Å². The Labute approximate surface area is 183 Å². The van der Waals surface area contributed by atoms with Gasteiger partial charge in [-0.3, -0.25) is 9.59 Å². The Morgan fingerprint density at radius 3 is 2.87 bits per heavy atom. The number of carbonyl (C=O) groups is 2. The fourth-order valence-electron chi connectivity index (χ4n) is 3.55. The predicted molar refractivity (Wildman–Crippen MR) is 114 cm³/mol. The third-order valence-corrected chi connectivity index (χ3v) is 5.74. The third-order valence-electron chi connectivity index (χ3n) is 5.15. The smallest absolute Gasteiger partial charge is 0.257 e. The fraction of sp³-hybridized carbons (Fsp3) is 0.286. The largest absolute Gasteiger partial charge is 0.472 e. The van der Waals surface area contributed by atoms with Crippen LogP contribution < -0.4 is 5.32 Å². The van der Waals surface area contributed by atoms with E-state index in [2.05, 4.69) is 10.4 Å². The SMILES string of the molecule is O=C(Nc1ccnn1Cc1ccc(Cl)cc1Cl)C1CCCN(C(=O)c2ccoc2)C1. The van der Waals surface area contributed by atoms with Gasteiger partial charge in [-0.2, -0.15) is 5.10 Å². The number of furan rings is 1. The summed E-state index contributed by atoms with van der Waals surface area (Å²) in [5, 5.41) is 8.32. The van der Waals surface area contributed by atoms with Crippen molar-refractivity contribution in [1.82, 2.24) is 14.7 Å². The Morgan fingerprint density at radius 1 is 1.23 bits per heavy atom. The highest BCUT2D eigenvalue weighted by Crippen LogP contribution is 2.24. The molecule has 0 aliphatic carbocycles. The molecule has 2 aromatic heterocycles. The summed E-state index contributed by atoms with van der Waals surface area (Å²) in [5.74, 6) is 0.0219. The van der Waals surface area contributed by atoms with Crippen molar-refractivity contribution in [2.24, 2.45) is 5.92 Å². The number of piperidine rings is 1. The molecular formula is C21H20Cl2N4O3. The van der Waals surface area contributed by atoms with E-state index in [9.17, 15) is 9.59 Å². The minimum atomic E-state index is -0.294. The Balaban J connectivity index is 1.42. The first-order chi connectivity index (χ1) is 14.5. The van der Waals surface area contributed by atoms with Crippen molar-refractivity contribution in [1.29, 1.82) is 0 Å². The molecule has 2 amide bonds. The monoisotopic (exact) mass is 446 g/mol. The Kier molecular flexibility index (Phi) is 6.11. The lowest BCUT2D eigenvalue weighted by Gasteiger charge is -2.31. The quantitative estimate of drug-likeness (QED) is 0.632. The van der Waals surface area contributed by atoms with E-state index in [0.717, 1.165) is 18.4 Å². The predicted octanol–water partition coefficient (Wildman–Crippen LogP) is 4.32. The number of benzene rings is 1. The number of nitrogens with zero attached hydrogens (tertiary/aromatic N) is 3. The lowest BCUT2D eigenvalue weighted by molar-refractivity contribution is -0.121. The van der Waals surface area contributed by atoms with Crippen LogP contribution in [0.5, 0.6) is 0 Å². The number of amides is 2. The Morgan fingerprint density at radius 2 is 2.10 bits per heavy atom. The molecule has 3 heterocycles. The van der Waals surface area contributed by atoms with Crippen molar-refractivity contribution >= 4 is 40.8 Å². The van der Waals surface area contributed by atoms with Crippen LogP contribution in [0.15, 0.2) is 53.5 Å². The van der Waals surface area contributed by atoms with E-state index >= 15 is 0 Å². The molecule has 1 aromatic carbocycles. The normalized spacial score (nSPS) is 16.5. The third kappa shape index (κ3) is 4.52. The van der Waals surface area contributed by atoms with Gasteiger partial charge in [-0.1, -0.05) is 29.3 Å². The fourth-order valence-corrected chi connectivity index (χ4v) is 4.02. The maximum Gasteiger partial charge on any atom is 0.257 e. The molecule has 156 valence electrons. The van der Waals surface area contributed by atoms with E-state index in [-0.39, 0.29) is 17.7 Å². The Bertz CT molecular complexity index is 1050. The van der Waals surface area contributed by atoms with Gasteiger partial charge in [-0.25, -0.2) is 4.68 Å². The minimum absolute atomic E-state index is 0.122. The molecule has 0 saturated carbocycles. The molecule has 1 N–H and O–H groups in total. The van der Waals surface area contributed by atoms with Crippen molar-refractivity contribution in [3.05, 3.63) is 70.2 Å². The number of hydrogen-bond donors (Lipinski definition) is 1. The van der Waals surface area contributed by atoms with Crippen LogP contribution in [0.2, 0.25) is 10.0 Å². The number of halogens is 2. The van der Waals surface area contributed by atoms with E-state index in [1.807, 2.05) is 6.07 Å². The van der Waals surface area contributed by atoms with Crippen molar-refractivity contribution in [3.63, 3.8) is 0 Å². The second-order valence-electron chi connectivity index (χ2n) is 7.20. The number of aromatic nitrogens is 2. The summed E-state index contributed by atoms with van der Waals surface area (Å²) in [7, 11) is 0. The first kappa shape index (κ1) is 20.5. The second kappa shape index (κ2) is 8.93. The topological polar surface area (TPSA) is 80.4 Å². The van der Waals surface area contributed by atoms with Crippen LogP contribution in [-0.4, -0.2) is 39.6 Å². The molecule has 0 bridgehead atoms. The molecule has 0 radical (unpaired) electrons. The lowest BCUT2D eigenvalue weighted by atomic mass is 9.96. The highest BCUT2D eigenvalue weighted by Gasteiger charge is 2.29. The average Bonchev–Trinajstić information content (AvgIpc) is 3.42. The van der Waals surface area contributed by atoms with Crippen LogP contribution in [0, 0.1) is 5.92 Å². The standard InChI is InChI=1S/C21H20Cl2N4O3/c22-17-4-3-14(18(23)10-17)12-27-19(5-7-24-27)25-20(28)15-2-1-8-26(11-15)21(29)16-6-9-30-13-16/h3-7,9-10,13,15H,1-2,8,11-12H2,(H,25,28). The maximum absolute atomic E-state index is 12.9. The van der Waals surface area contributed by atoms with Crippen molar-refractivity contribution in [2.45, 2.75) is 19.4 Å². The summed E-state index contributed by atoms with van der Waals surface area (Å²) in [4.78, 5) is 27.1. The first-order valence-corrected chi connectivity index (χ1v) is 10.3. The number of carbonyl (C=O) groups excluding carboxylic acids is 2. The summed E-state index contributed by atoms with van der Waals surface area (Å²) < 4.78 is 6.67. The molecule has 3 aromatic rings. The summed E-state index contributed by atoms with van der Waals surface area (Å²) in [6.07, 6.45) is 6.00. The molecule has 1 aliphatic rings. The summed E-state index contributed by atoms with van der Waals surface area (Å²) >= 11 is 12.2. The lowest BCUT2D eigenvalue weighted by Crippen LogP contribution is -2.43. The molecular weight excluding hydrogens is 427 g/mol. The molecule has 0 spiro atoms. The van der Waals surface area contributed by atoms with Gasteiger partial charge in [-0.15, -0.1) is 0 Å². The maximum atomic E-state index is 12.9. The molecule has 4 rings (SSSR count).